The number of sulfonamides is 1. The van der Waals surface area contributed by atoms with Crippen LogP contribution in [0.25, 0.3) is 0 Å². The van der Waals surface area contributed by atoms with Crippen molar-refractivity contribution < 1.29 is 17.9 Å². The van der Waals surface area contributed by atoms with Gasteiger partial charge in [0.2, 0.25) is 10.0 Å². The largest absolute Gasteiger partial charge is 0.396 e. The van der Waals surface area contributed by atoms with E-state index in [4.69, 9.17) is 5.11 Å². The van der Waals surface area contributed by atoms with Gasteiger partial charge in [0.25, 0.3) is 0 Å². The lowest BCUT2D eigenvalue weighted by molar-refractivity contribution is 0.165. The number of halogens is 1. The SMILES string of the molecule is O=S(=O)(c1ccccc1F)N1CCCC(CO)C1. The molecule has 1 heterocycles. The summed E-state index contributed by atoms with van der Waals surface area (Å²) in [5.41, 5.74) is 0. The van der Waals surface area contributed by atoms with Gasteiger partial charge in [0, 0.05) is 19.7 Å². The lowest BCUT2D eigenvalue weighted by atomic mass is 10.0. The maximum atomic E-state index is 13.6. The zero-order chi connectivity index (χ0) is 13.2. The quantitative estimate of drug-likeness (QED) is 0.901. The first-order chi connectivity index (χ1) is 8.55. The Labute approximate surface area is 106 Å². The van der Waals surface area contributed by atoms with E-state index in [0.717, 1.165) is 12.5 Å². The number of benzene rings is 1. The highest BCUT2D eigenvalue weighted by Crippen LogP contribution is 2.24. The molecular weight excluding hydrogens is 257 g/mol. The van der Waals surface area contributed by atoms with Crippen molar-refractivity contribution in [3.05, 3.63) is 30.1 Å². The van der Waals surface area contributed by atoms with Gasteiger partial charge in [0.15, 0.2) is 0 Å². The van der Waals surface area contributed by atoms with Gasteiger partial charge in [-0.3, -0.25) is 0 Å². The minimum atomic E-state index is -3.79. The number of hydrogen-bond acceptors (Lipinski definition) is 3. The topological polar surface area (TPSA) is 57.6 Å². The lowest BCUT2D eigenvalue weighted by Crippen LogP contribution is -2.41. The minimum Gasteiger partial charge on any atom is -0.396 e. The molecule has 1 unspecified atom stereocenters. The predicted molar refractivity (Wildman–Crippen MR) is 65.0 cm³/mol. The molecule has 1 aliphatic rings. The second kappa shape index (κ2) is 5.34. The van der Waals surface area contributed by atoms with E-state index in [0.29, 0.717) is 13.0 Å². The summed E-state index contributed by atoms with van der Waals surface area (Å²) in [6, 6.07) is 5.37. The first-order valence-corrected chi connectivity index (χ1v) is 7.35. The molecule has 1 aromatic rings. The Hall–Kier alpha value is -0.980. The van der Waals surface area contributed by atoms with Gasteiger partial charge in [0.05, 0.1) is 0 Å². The van der Waals surface area contributed by atoms with Crippen molar-refractivity contribution >= 4 is 10.0 Å². The molecule has 0 radical (unpaired) electrons. The van der Waals surface area contributed by atoms with E-state index < -0.39 is 15.8 Å². The molecule has 1 N–H and O–H groups in total. The van der Waals surface area contributed by atoms with Crippen LogP contribution in [0.2, 0.25) is 0 Å². The van der Waals surface area contributed by atoms with E-state index in [-0.39, 0.29) is 24.0 Å². The van der Waals surface area contributed by atoms with Gasteiger partial charge in [0.1, 0.15) is 10.7 Å². The Kier molecular flexibility index (Phi) is 3.99. The van der Waals surface area contributed by atoms with Crippen LogP contribution in [-0.2, 0) is 10.0 Å². The highest BCUT2D eigenvalue weighted by molar-refractivity contribution is 7.89. The van der Waals surface area contributed by atoms with Crippen molar-refractivity contribution in [3.8, 4) is 0 Å². The minimum absolute atomic E-state index is 0.0384. The Morgan fingerprint density at radius 2 is 2.11 bits per heavy atom. The molecule has 0 saturated carbocycles. The third-order valence-electron chi connectivity index (χ3n) is 3.19. The molecular formula is C12H16FNO3S. The number of rotatable bonds is 3. The Balaban J connectivity index is 2.29. The summed E-state index contributed by atoms with van der Waals surface area (Å²) >= 11 is 0. The van der Waals surface area contributed by atoms with Crippen molar-refractivity contribution in [3.63, 3.8) is 0 Å². The molecule has 0 spiro atoms. The van der Waals surface area contributed by atoms with E-state index >= 15 is 0 Å². The maximum absolute atomic E-state index is 13.6. The Morgan fingerprint density at radius 3 is 2.78 bits per heavy atom. The monoisotopic (exact) mass is 273 g/mol. The Bertz CT molecular complexity index is 518. The second-order valence-corrected chi connectivity index (χ2v) is 6.39. The van der Waals surface area contributed by atoms with Crippen LogP contribution < -0.4 is 0 Å². The van der Waals surface area contributed by atoms with Gasteiger partial charge < -0.3 is 5.11 Å². The standard InChI is InChI=1S/C12H16FNO3S/c13-11-5-1-2-6-12(11)18(16,17)14-7-3-4-10(8-14)9-15/h1-2,5-6,10,15H,3-4,7-9H2. The summed E-state index contributed by atoms with van der Waals surface area (Å²) in [5, 5.41) is 9.10. The van der Waals surface area contributed by atoms with E-state index in [2.05, 4.69) is 0 Å². The number of aliphatic hydroxyl groups excluding tert-OH is 1. The second-order valence-electron chi connectivity index (χ2n) is 4.48. The lowest BCUT2D eigenvalue weighted by Gasteiger charge is -2.30. The zero-order valence-corrected chi connectivity index (χ0v) is 10.7. The Morgan fingerprint density at radius 1 is 1.39 bits per heavy atom. The van der Waals surface area contributed by atoms with Crippen LogP contribution in [0.15, 0.2) is 29.2 Å². The van der Waals surface area contributed by atoms with Gasteiger partial charge in [-0.1, -0.05) is 12.1 Å². The normalized spacial score (nSPS) is 22.0. The fraction of sp³-hybridized carbons (Fsp3) is 0.500. The number of piperidine rings is 1. The van der Waals surface area contributed by atoms with E-state index in [1.807, 2.05) is 0 Å². The van der Waals surface area contributed by atoms with Crippen LogP contribution in [0.5, 0.6) is 0 Å². The zero-order valence-electron chi connectivity index (χ0n) is 9.92. The number of nitrogens with zero attached hydrogens (tertiary/aromatic N) is 1. The van der Waals surface area contributed by atoms with Crippen LogP contribution in [0, 0.1) is 11.7 Å². The average Bonchev–Trinajstić information content (AvgIpc) is 2.39. The fourth-order valence-corrected chi connectivity index (χ4v) is 3.81. The fourth-order valence-electron chi connectivity index (χ4n) is 2.19. The van der Waals surface area contributed by atoms with Crippen molar-refractivity contribution in [1.82, 2.24) is 4.31 Å². The third kappa shape index (κ3) is 2.55. The van der Waals surface area contributed by atoms with Crippen LogP contribution in [0.3, 0.4) is 0 Å². The molecule has 0 aromatic heterocycles. The van der Waals surface area contributed by atoms with Crippen LogP contribution in [0.1, 0.15) is 12.8 Å². The molecule has 100 valence electrons. The molecule has 1 saturated heterocycles. The summed E-state index contributed by atoms with van der Waals surface area (Å²) in [6.07, 6.45) is 1.50. The highest BCUT2D eigenvalue weighted by atomic mass is 32.2. The van der Waals surface area contributed by atoms with Crippen LogP contribution in [0.4, 0.5) is 4.39 Å². The average molecular weight is 273 g/mol. The molecule has 0 amide bonds. The van der Waals surface area contributed by atoms with E-state index in [1.165, 1.54) is 22.5 Å². The summed E-state index contributed by atoms with van der Waals surface area (Å²) < 4.78 is 39.4. The molecule has 2 rings (SSSR count). The summed E-state index contributed by atoms with van der Waals surface area (Å²) in [5.74, 6) is -0.788. The number of hydrogen-bond donors (Lipinski definition) is 1. The highest BCUT2D eigenvalue weighted by Gasteiger charge is 2.31. The van der Waals surface area contributed by atoms with Crippen molar-refractivity contribution in [2.24, 2.45) is 5.92 Å². The first-order valence-electron chi connectivity index (χ1n) is 5.91. The summed E-state index contributed by atoms with van der Waals surface area (Å²) in [7, 11) is -3.79. The molecule has 0 bridgehead atoms. The van der Waals surface area contributed by atoms with Crippen molar-refractivity contribution in [1.29, 1.82) is 0 Å². The summed E-state index contributed by atoms with van der Waals surface area (Å²) in [6.45, 7) is 0.601. The molecule has 1 aliphatic heterocycles. The van der Waals surface area contributed by atoms with Gasteiger partial charge in [-0.05, 0) is 30.9 Å². The number of aliphatic hydroxyl groups is 1. The molecule has 1 fully saturated rings. The van der Waals surface area contributed by atoms with Crippen LogP contribution >= 0.6 is 0 Å². The molecule has 18 heavy (non-hydrogen) atoms. The third-order valence-corrected chi connectivity index (χ3v) is 5.09. The van der Waals surface area contributed by atoms with Crippen molar-refractivity contribution in [2.75, 3.05) is 19.7 Å². The van der Waals surface area contributed by atoms with Crippen molar-refractivity contribution in [2.45, 2.75) is 17.7 Å². The van der Waals surface area contributed by atoms with Crippen LogP contribution in [-0.4, -0.2) is 37.5 Å². The smallest absolute Gasteiger partial charge is 0.245 e. The molecule has 1 aromatic carbocycles. The first kappa shape index (κ1) is 13.5. The van der Waals surface area contributed by atoms with Gasteiger partial charge in [-0.2, -0.15) is 4.31 Å². The molecule has 0 aliphatic carbocycles. The summed E-state index contributed by atoms with van der Waals surface area (Å²) in [4.78, 5) is -0.288. The van der Waals surface area contributed by atoms with Gasteiger partial charge in [-0.15, -0.1) is 0 Å². The van der Waals surface area contributed by atoms with E-state index in [9.17, 15) is 12.8 Å². The molecule has 4 nitrogen and oxygen atoms in total. The predicted octanol–water partition coefficient (Wildman–Crippen LogP) is 1.22. The van der Waals surface area contributed by atoms with Gasteiger partial charge >= 0.3 is 0 Å². The maximum Gasteiger partial charge on any atom is 0.245 e. The molecule has 1 atom stereocenters. The molecule has 6 heteroatoms. The van der Waals surface area contributed by atoms with E-state index in [1.54, 1.807) is 0 Å². The van der Waals surface area contributed by atoms with Gasteiger partial charge in [-0.25, -0.2) is 12.8 Å².